The minimum atomic E-state index is -5.36. The lowest BCUT2D eigenvalue weighted by molar-refractivity contribution is -0.142. The minimum absolute atomic E-state index is 0.0810. The molecule has 1 saturated carbocycles. The van der Waals surface area contributed by atoms with Crippen LogP contribution in [0.1, 0.15) is 35.3 Å². The van der Waals surface area contributed by atoms with Crippen LogP contribution >= 0.6 is 0 Å². The summed E-state index contributed by atoms with van der Waals surface area (Å²) in [6, 6.07) is 2.13. The minimum Gasteiger partial charge on any atom is -0.415 e. The smallest absolute Gasteiger partial charge is 0.415 e. The molecule has 188 valence electrons. The fourth-order valence-corrected chi connectivity index (χ4v) is 4.17. The molecule has 34 heavy (non-hydrogen) atoms. The Hall–Kier alpha value is -2.91. The lowest BCUT2D eigenvalue weighted by Crippen LogP contribution is -2.24. The summed E-state index contributed by atoms with van der Waals surface area (Å²) in [6.07, 6.45) is -4.56. The third kappa shape index (κ3) is 5.95. The van der Waals surface area contributed by atoms with Gasteiger partial charge in [-0.25, -0.2) is 22.8 Å². The molecule has 2 aromatic heterocycles. The molecule has 1 amide bonds. The van der Waals surface area contributed by atoms with Crippen molar-refractivity contribution in [3.63, 3.8) is 0 Å². The maximum Gasteiger partial charge on any atom is 0.423 e. The molecule has 2 aromatic rings. The number of carbonyl (C=O) groups excluding carboxylic acids is 1. The largest absolute Gasteiger partial charge is 0.423 e. The molecule has 0 saturated heterocycles. The van der Waals surface area contributed by atoms with E-state index in [2.05, 4.69) is 20.1 Å². The van der Waals surface area contributed by atoms with E-state index in [1.807, 2.05) is 0 Å². The van der Waals surface area contributed by atoms with Gasteiger partial charge in [0.15, 0.2) is 5.56 Å². The highest BCUT2D eigenvalue weighted by atomic mass is 32.2. The number of nitrogens with zero attached hydrogens (tertiary/aromatic N) is 3. The number of anilines is 1. The highest BCUT2D eigenvalue weighted by Gasteiger charge is 2.45. The fourth-order valence-electron chi connectivity index (χ4n) is 3.56. The topological polar surface area (TPSA) is 110 Å². The van der Waals surface area contributed by atoms with E-state index in [0.717, 1.165) is 24.6 Å². The molecule has 2 heterocycles. The van der Waals surface area contributed by atoms with Crippen molar-refractivity contribution in [3.8, 4) is 5.88 Å². The summed E-state index contributed by atoms with van der Waals surface area (Å²) in [6.45, 7) is -4.28. The van der Waals surface area contributed by atoms with Gasteiger partial charge in [0, 0.05) is 37.5 Å². The molecule has 16 heteroatoms. The Morgan fingerprint density at radius 3 is 2.62 bits per heavy atom. The van der Waals surface area contributed by atoms with E-state index in [9.17, 15) is 39.7 Å². The van der Waals surface area contributed by atoms with Crippen molar-refractivity contribution in [2.45, 2.75) is 49.5 Å². The van der Waals surface area contributed by atoms with Crippen LogP contribution in [0.4, 0.5) is 36.4 Å². The lowest BCUT2D eigenvalue weighted by atomic mass is 10.1. The number of nitrogens with one attached hydrogen (secondary N) is 2. The zero-order valence-corrected chi connectivity index (χ0v) is 18.2. The first-order valence-electron chi connectivity index (χ1n) is 9.58. The van der Waals surface area contributed by atoms with Gasteiger partial charge in [0.2, 0.25) is 5.92 Å². The van der Waals surface area contributed by atoms with Crippen LogP contribution in [0.2, 0.25) is 0 Å². The van der Waals surface area contributed by atoms with Crippen LogP contribution in [0.5, 0.6) is 5.88 Å². The highest BCUT2D eigenvalue weighted by molar-refractivity contribution is 7.91. The van der Waals surface area contributed by atoms with E-state index in [1.54, 1.807) is 0 Å². The fraction of sp³-hybridized carbons (Fsp3) is 0.500. The first kappa shape index (κ1) is 25.7. The lowest BCUT2D eigenvalue weighted by Gasteiger charge is -2.15. The Labute approximate surface area is 188 Å². The molecule has 0 radical (unpaired) electrons. The molecule has 2 atom stereocenters. The summed E-state index contributed by atoms with van der Waals surface area (Å²) in [5.41, 5.74) is -3.31. The Morgan fingerprint density at radius 2 is 2.09 bits per heavy atom. The average Bonchev–Trinajstić information content (AvgIpc) is 3.20. The van der Waals surface area contributed by atoms with Crippen LogP contribution in [0.15, 0.2) is 23.4 Å². The summed E-state index contributed by atoms with van der Waals surface area (Å²) in [5, 5.41) is 5.17. The van der Waals surface area contributed by atoms with Crippen LogP contribution in [0.25, 0.3) is 0 Å². The quantitative estimate of drug-likeness (QED) is 0.521. The number of carbonyl (C=O) groups is 1. The summed E-state index contributed by atoms with van der Waals surface area (Å²) in [5.74, 6) is -6.96. The van der Waals surface area contributed by atoms with Gasteiger partial charge in [0.1, 0.15) is 10.7 Å². The number of rotatable bonds is 7. The van der Waals surface area contributed by atoms with Gasteiger partial charge in [-0.15, -0.1) is 5.10 Å². The maximum atomic E-state index is 13.8. The second-order valence-corrected chi connectivity index (χ2v) is 9.84. The van der Waals surface area contributed by atoms with Crippen molar-refractivity contribution in [2.24, 2.45) is 5.92 Å². The third-order valence-electron chi connectivity index (χ3n) is 4.95. The van der Waals surface area contributed by atoms with Crippen molar-refractivity contribution >= 4 is 21.3 Å². The van der Waals surface area contributed by atoms with Gasteiger partial charge in [-0.3, -0.25) is 9.48 Å². The number of aromatic nitrogens is 3. The van der Waals surface area contributed by atoms with Crippen LogP contribution in [-0.2, 0) is 22.5 Å². The average molecular weight is 517 g/mol. The van der Waals surface area contributed by atoms with E-state index in [4.69, 9.17) is 4.78 Å². The molecule has 0 spiro atoms. The number of hydrogen-bond acceptors (Lipinski definition) is 6. The number of amides is 1. The molecule has 1 aliphatic rings. The van der Waals surface area contributed by atoms with Gasteiger partial charge in [0.05, 0.1) is 9.73 Å². The molecule has 0 bridgehead atoms. The summed E-state index contributed by atoms with van der Waals surface area (Å²) in [4.78, 5) is 16.6. The zero-order valence-electron chi connectivity index (χ0n) is 17.3. The molecule has 2 unspecified atom stereocenters. The van der Waals surface area contributed by atoms with E-state index in [0.29, 0.717) is 4.68 Å². The van der Waals surface area contributed by atoms with Gasteiger partial charge in [-0.05, 0) is 24.5 Å². The summed E-state index contributed by atoms with van der Waals surface area (Å²) in [7, 11) is -3.34. The van der Waals surface area contributed by atoms with E-state index in [1.165, 1.54) is 0 Å². The molecule has 2 N–H and O–H groups in total. The number of pyridine rings is 1. The van der Waals surface area contributed by atoms with Crippen LogP contribution in [0, 0.1) is 10.7 Å². The SMILES string of the molecule is CS(=N)(=O)c1cc(NC(=O)c2c(C(F)(F)F)c(OC(F)F)nn2CC2CCC(F)(F)C2)ccn1. The van der Waals surface area contributed by atoms with E-state index in [-0.39, 0.29) is 17.1 Å². The molecule has 8 nitrogen and oxygen atoms in total. The predicted molar refractivity (Wildman–Crippen MR) is 103 cm³/mol. The second kappa shape index (κ2) is 9.03. The Bertz CT molecular complexity index is 1180. The molecule has 1 fully saturated rings. The number of ether oxygens (including phenoxy) is 1. The Kier molecular flexibility index (Phi) is 6.83. The molecule has 0 aliphatic heterocycles. The van der Waals surface area contributed by atoms with E-state index < -0.39 is 76.8 Å². The predicted octanol–water partition coefficient (Wildman–Crippen LogP) is 4.62. The highest BCUT2D eigenvalue weighted by Crippen LogP contribution is 2.42. The van der Waals surface area contributed by atoms with Crippen molar-refractivity contribution in [1.29, 1.82) is 4.78 Å². The number of alkyl halides is 7. The number of halogens is 7. The van der Waals surface area contributed by atoms with Crippen LogP contribution < -0.4 is 10.1 Å². The van der Waals surface area contributed by atoms with Gasteiger partial charge < -0.3 is 10.1 Å². The second-order valence-electron chi connectivity index (χ2n) is 7.73. The van der Waals surface area contributed by atoms with Crippen molar-refractivity contribution in [2.75, 3.05) is 11.6 Å². The van der Waals surface area contributed by atoms with Gasteiger partial charge in [0.25, 0.3) is 11.8 Å². The normalized spacial score (nSPS) is 19.7. The summed E-state index contributed by atoms with van der Waals surface area (Å²) < 4.78 is 118. The molecular formula is C18H18F7N5O3S. The standard InChI is InChI=1S/C18H18F7N5O3S/c1-34(26,32)11-6-10(3-5-27-11)28-14(31)13-12(18(23,24)25)15(33-16(19)20)29-30(13)8-9-2-4-17(21,22)7-9/h3,5-6,9,16,26H,2,4,7-8H2,1H3,(H,27,28,31). The van der Waals surface area contributed by atoms with Gasteiger partial charge in [-0.1, -0.05) is 0 Å². The molecule has 1 aliphatic carbocycles. The van der Waals surface area contributed by atoms with Gasteiger partial charge >= 0.3 is 12.8 Å². The Morgan fingerprint density at radius 1 is 1.41 bits per heavy atom. The Balaban J connectivity index is 2.05. The van der Waals surface area contributed by atoms with E-state index >= 15 is 0 Å². The maximum absolute atomic E-state index is 13.8. The molecular weight excluding hydrogens is 499 g/mol. The van der Waals surface area contributed by atoms with Gasteiger partial charge in [-0.2, -0.15) is 22.0 Å². The monoisotopic (exact) mass is 517 g/mol. The van der Waals surface area contributed by atoms with Crippen molar-refractivity contribution < 1.29 is 44.5 Å². The summed E-state index contributed by atoms with van der Waals surface area (Å²) >= 11 is 0. The zero-order chi connectivity index (χ0) is 25.5. The first-order valence-corrected chi connectivity index (χ1v) is 11.6. The molecule has 3 rings (SSSR count). The van der Waals surface area contributed by atoms with Crippen LogP contribution in [-0.4, -0.2) is 43.7 Å². The van der Waals surface area contributed by atoms with Crippen LogP contribution in [0.3, 0.4) is 0 Å². The third-order valence-corrected chi connectivity index (χ3v) is 5.97. The van der Waals surface area contributed by atoms with Crippen molar-refractivity contribution in [3.05, 3.63) is 29.6 Å². The number of hydrogen-bond donors (Lipinski definition) is 2. The first-order chi connectivity index (χ1) is 15.6. The molecule has 0 aromatic carbocycles. The van der Waals surface area contributed by atoms with Crippen molar-refractivity contribution in [1.82, 2.24) is 14.8 Å².